The molecule has 3 aromatic rings. The van der Waals surface area contributed by atoms with E-state index in [4.69, 9.17) is 8.77 Å². The molecule has 0 saturated carbocycles. The van der Waals surface area contributed by atoms with Gasteiger partial charge in [-0.3, -0.25) is 0 Å². The lowest BCUT2D eigenvalue weighted by atomic mass is 9.99. The monoisotopic (exact) mass is 712 g/mol. The average molecular weight is 713 g/mol. The van der Waals surface area contributed by atoms with Crippen LogP contribution >= 0.6 is 0 Å². The second-order valence-corrected chi connectivity index (χ2v) is 22.3. The van der Waals surface area contributed by atoms with E-state index >= 15 is 4.21 Å². The van der Waals surface area contributed by atoms with E-state index in [0.717, 1.165) is 61.0 Å². The van der Waals surface area contributed by atoms with Crippen molar-refractivity contribution in [2.45, 2.75) is 110 Å². The molecule has 1 saturated heterocycles. The summed E-state index contributed by atoms with van der Waals surface area (Å²) < 4.78 is 29.7. The third kappa shape index (κ3) is 7.42. The van der Waals surface area contributed by atoms with E-state index in [9.17, 15) is 9.59 Å². The third-order valence-corrected chi connectivity index (χ3v) is 17.8. The molecule has 2 N–H and O–H groups in total. The maximum atomic E-state index is 15.6. The summed E-state index contributed by atoms with van der Waals surface area (Å²) in [5.41, 5.74) is 5.26. The number of urea groups is 1. The number of ether oxygens (including phenoxy) is 1. The summed E-state index contributed by atoms with van der Waals surface area (Å²) in [7, 11) is -6.85. The van der Waals surface area contributed by atoms with Gasteiger partial charge in [-0.05, 0) is 110 Å². The van der Waals surface area contributed by atoms with Gasteiger partial charge in [0.05, 0.1) is 6.04 Å². The average Bonchev–Trinajstić information content (AvgIpc) is 3.83. The number of nitrogens with one attached hydrogen (secondary N) is 2. The first-order valence-electron chi connectivity index (χ1n) is 18.0. The molecule has 3 aromatic carbocycles. The van der Waals surface area contributed by atoms with Gasteiger partial charge in [0.1, 0.15) is 15.5 Å². The number of likely N-dealkylation sites (tertiary alicyclic amines) is 1. The molecule has 10 heteroatoms. The normalized spacial score (nSPS) is 18.8. The SMILES string of the molecule is CC(C)(C)OC(=O)N1CCC[C@H]1/C=C/S(=O)(=N[Si](c1ccccc1)(c1ccccc1)C(C)(C)C)NC(=O)Nc1c2c(cc3c1CCC3)CCC2. The first-order chi connectivity index (χ1) is 23.7. The molecule has 2 aliphatic carbocycles. The standard InChI is InChI=1S/C40H52N4O4SSi/c1-39(2,3)48-38(46)44-26-15-18-31(44)25-27-49(47,42-37(45)41-36-34-23-13-16-29(34)28-30-17-14-24-35(30)36)43-50(40(4,5)6,32-19-9-7-10-20-32)33-21-11-8-12-22-33/h7-12,19-22,25,27-28,31H,13-18,23-24,26H2,1-6H3,(H2,41,42,43,45,47)/b27-25+/t31-,49?/m0/s1. The number of aryl methyl sites for hydroxylation is 2. The van der Waals surface area contributed by atoms with Gasteiger partial charge in [-0.1, -0.05) is 93.6 Å². The maximum Gasteiger partial charge on any atom is 0.410 e. The van der Waals surface area contributed by atoms with Crippen molar-refractivity contribution in [1.82, 2.24) is 9.62 Å². The van der Waals surface area contributed by atoms with E-state index in [1.807, 2.05) is 57.2 Å². The van der Waals surface area contributed by atoms with Crippen LogP contribution in [0.5, 0.6) is 0 Å². The lowest BCUT2D eigenvalue weighted by Gasteiger charge is -2.40. The van der Waals surface area contributed by atoms with Gasteiger partial charge in [-0.15, -0.1) is 0 Å². The molecule has 1 aliphatic heterocycles. The minimum absolute atomic E-state index is 0.342. The van der Waals surface area contributed by atoms with Crippen molar-refractivity contribution in [3.05, 3.63) is 100 Å². The van der Waals surface area contributed by atoms with Gasteiger partial charge >= 0.3 is 12.1 Å². The Kier molecular flexibility index (Phi) is 10.1. The Labute approximate surface area is 299 Å². The molecule has 2 atom stereocenters. The van der Waals surface area contributed by atoms with Gasteiger partial charge in [0.15, 0.2) is 0 Å². The molecule has 50 heavy (non-hydrogen) atoms. The van der Waals surface area contributed by atoms with Crippen LogP contribution < -0.4 is 20.4 Å². The van der Waals surface area contributed by atoms with Crippen LogP contribution in [0.1, 0.15) is 89.5 Å². The van der Waals surface area contributed by atoms with Crippen molar-refractivity contribution in [2.75, 3.05) is 11.9 Å². The third-order valence-electron chi connectivity index (χ3n) is 10.1. The van der Waals surface area contributed by atoms with Crippen LogP contribution in [-0.2, 0) is 40.3 Å². The molecule has 1 heterocycles. The molecule has 6 rings (SSSR count). The molecule has 1 unspecified atom stereocenters. The summed E-state index contributed by atoms with van der Waals surface area (Å²) in [6.07, 6.45) is 8.85. The zero-order valence-electron chi connectivity index (χ0n) is 30.4. The van der Waals surface area contributed by atoms with Gasteiger partial charge in [0, 0.05) is 17.6 Å². The Morgan fingerprint density at radius 3 is 1.94 bits per heavy atom. The molecule has 3 aliphatic rings. The largest absolute Gasteiger partial charge is 0.444 e. The molecule has 0 aromatic heterocycles. The maximum absolute atomic E-state index is 15.6. The van der Waals surface area contributed by atoms with E-state index in [-0.39, 0.29) is 6.04 Å². The van der Waals surface area contributed by atoms with Gasteiger partial charge in [-0.2, -0.15) is 0 Å². The summed E-state index contributed by atoms with van der Waals surface area (Å²) in [4.78, 5) is 29.1. The Morgan fingerprint density at radius 1 is 0.860 bits per heavy atom. The second-order valence-electron chi connectivity index (χ2n) is 15.9. The first kappa shape index (κ1) is 35.9. The molecule has 3 amide bonds. The van der Waals surface area contributed by atoms with Crippen LogP contribution in [0.4, 0.5) is 15.3 Å². The van der Waals surface area contributed by atoms with Gasteiger partial charge < -0.3 is 15.0 Å². The molecular formula is C40H52N4O4SSi. The van der Waals surface area contributed by atoms with Crippen LogP contribution in [0.15, 0.2) is 82.2 Å². The summed E-state index contributed by atoms with van der Waals surface area (Å²) in [5, 5.41) is 6.30. The number of hydrogen-bond donors (Lipinski definition) is 2. The highest BCUT2D eigenvalue weighted by Crippen LogP contribution is 2.40. The van der Waals surface area contributed by atoms with E-state index < -0.39 is 40.9 Å². The smallest absolute Gasteiger partial charge is 0.410 e. The fraction of sp³-hybridized carbons (Fsp3) is 0.450. The first-order valence-corrected chi connectivity index (χ1v) is 21.5. The van der Waals surface area contributed by atoms with Crippen molar-refractivity contribution < 1.29 is 18.5 Å². The Bertz CT molecular complexity index is 1820. The van der Waals surface area contributed by atoms with Crippen LogP contribution in [0, 0.1) is 0 Å². The lowest BCUT2D eigenvalue weighted by molar-refractivity contribution is 0.0256. The quantitative estimate of drug-likeness (QED) is 0.246. The number of anilines is 1. The van der Waals surface area contributed by atoms with E-state index in [1.165, 1.54) is 22.3 Å². The number of carbonyl (C=O) groups is 2. The predicted molar refractivity (Wildman–Crippen MR) is 206 cm³/mol. The van der Waals surface area contributed by atoms with E-state index in [1.54, 1.807) is 16.4 Å². The van der Waals surface area contributed by atoms with Crippen molar-refractivity contribution >= 4 is 46.3 Å². The Balaban J connectivity index is 1.47. The fourth-order valence-electron chi connectivity index (χ4n) is 7.90. The number of amides is 3. The topological polar surface area (TPSA) is 100 Å². The predicted octanol–water partition coefficient (Wildman–Crippen LogP) is 7.64. The van der Waals surface area contributed by atoms with Crippen LogP contribution in [-0.4, -0.2) is 47.7 Å². The molecule has 1 fully saturated rings. The molecule has 8 nitrogen and oxygen atoms in total. The molecule has 0 spiro atoms. The second kappa shape index (κ2) is 14.0. The summed E-state index contributed by atoms with van der Waals surface area (Å²) >= 11 is 0. The zero-order chi connectivity index (χ0) is 35.7. The van der Waals surface area contributed by atoms with Crippen molar-refractivity contribution in [2.24, 2.45) is 4.03 Å². The van der Waals surface area contributed by atoms with Crippen LogP contribution in [0.2, 0.25) is 5.04 Å². The van der Waals surface area contributed by atoms with Crippen LogP contribution in [0.25, 0.3) is 0 Å². The minimum Gasteiger partial charge on any atom is -0.444 e. The number of hydrogen-bond acceptors (Lipinski definition) is 5. The number of benzene rings is 3. The summed E-state index contributed by atoms with van der Waals surface area (Å²) in [6.45, 7) is 12.5. The van der Waals surface area contributed by atoms with E-state index in [2.05, 4.69) is 61.1 Å². The van der Waals surface area contributed by atoms with Crippen molar-refractivity contribution in [3.8, 4) is 0 Å². The number of rotatable bonds is 7. The highest BCUT2D eigenvalue weighted by atomic mass is 32.2. The Hall–Kier alpha value is -3.89. The lowest BCUT2D eigenvalue weighted by Crippen LogP contribution is -2.64. The highest BCUT2D eigenvalue weighted by molar-refractivity contribution is 7.96. The zero-order valence-corrected chi connectivity index (χ0v) is 32.2. The summed E-state index contributed by atoms with van der Waals surface area (Å²) in [6, 6.07) is 21.6. The van der Waals surface area contributed by atoms with Gasteiger partial charge in [0.25, 0.3) is 8.24 Å². The molecule has 0 bridgehead atoms. The highest BCUT2D eigenvalue weighted by Gasteiger charge is 2.50. The minimum atomic E-state index is -3.58. The van der Waals surface area contributed by atoms with Gasteiger partial charge in [-0.25, -0.2) is 22.5 Å². The van der Waals surface area contributed by atoms with Gasteiger partial charge in [0.2, 0.25) is 0 Å². The molecule has 266 valence electrons. The Morgan fingerprint density at radius 2 is 1.42 bits per heavy atom. The molecular weight excluding hydrogens is 661 g/mol. The fourth-order valence-corrected chi connectivity index (χ4v) is 16.1. The number of carbonyl (C=O) groups excluding carboxylic acids is 2. The van der Waals surface area contributed by atoms with Crippen LogP contribution in [0.3, 0.4) is 0 Å². The molecule has 0 radical (unpaired) electrons. The number of nitrogens with zero attached hydrogens (tertiary/aromatic N) is 2. The van der Waals surface area contributed by atoms with Crippen molar-refractivity contribution in [3.63, 3.8) is 0 Å². The van der Waals surface area contributed by atoms with Crippen molar-refractivity contribution in [1.29, 1.82) is 0 Å². The summed E-state index contributed by atoms with van der Waals surface area (Å²) in [5.74, 6) is 0. The number of fused-ring (bicyclic) bond motifs is 2. The van der Waals surface area contributed by atoms with E-state index in [0.29, 0.717) is 13.0 Å².